The minimum Gasteiger partial charge on any atom is -0.308 e. The van der Waals surface area contributed by atoms with Crippen molar-refractivity contribution in [2.45, 2.75) is 0 Å². The van der Waals surface area contributed by atoms with E-state index in [2.05, 4.69) is 31.5 Å². The number of halogens is 3. The molecule has 0 saturated heterocycles. The molecule has 0 unspecified atom stereocenters. The van der Waals surface area contributed by atoms with Crippen LogP contribution in [0.25, 0.3) is 0 Å². The number of anilines is 2. The Hall–Kier alpha value is -1.30. The van der Waals surface area contributed by atoms with Gasteiger partial charge in [-0.15, -0.1) is 0 Å². The van der Waals surface area contributed by atoms with Crippen LogP contribution in [0.15, 0.2) is 41.0 Å². The fourth-order valence-corrected chi connectivity index (χ4v) is 1.94. The number of hydrogen-bond donors (Lipinski definition) is 2. The molecule has 0 saturated carbocycles. The van der Waals surface area contributed by atoms with Gasteiger partial charge in [-0.2, -0.15) is 0 Å². The van der Waals surface area contributed by atoms with E-state index in [4.69, 9.17) is 23.2 Å². The number of hydrogen-bond acceptors (Lipinski definition) is 2. The first kappa shape index (κ1) is 14.1. The number of aromatic nitrogens is 1. The molecule has 1 aromatic carbocycles. The Labute approximate surface area is 128 Å². The molecule has 0 aliphatic heterocycles. The van der Waals surface area contributed by atoms with Crippen molar-refractivity contribution in [2.24, 2.45) is 0 Å². The first-order valence-electron chi connectivity index (χ1n) is 5.19. The number of carbonyl (C=O) groups excluding carboxylic acids is 1. The Morgan fingerprint density at radius 2 is 1.84 bits per heavy atom. The Kier molecular flexibility index (Phi) is 4.63. The number of amides is 2. The summed E-state index contributed by atoms with van der Waals surface area (Å²) in [5, 5.41) is 6.08. The molecule has 0 bridgehead atoms. The van der Waals surface area contributed by atoms with Crippen LogP contribution in [-0.2, 0) is 0 Å². The Bertz CT molecular complexity index is 604. The van der Waals surface area contributed by atoms with E-state index in [0.29, 0.717) is 16.4 Å². The fraction of sp³-hybridized carbons (Fsp3) is 0. The Morgan fingerprint density at radius 1 is 1.16 bits per heavy atom. The van der Waals surface area contributed by atoms with Crippen molar-refractivity contribution in [3.63, 3.8) is 0 Å². The lowest BCUT2D eigenvalue weighted by Crippen LogP contribution is -2.19. The van der Waals surface area contributed by atoms with Gasteiger partial charge in [0.2, 0.25) is 0 Å². The van der Waals surface area contributed by atoms with Gasteiger partial charge in [0.05, 0.1) is 5.69 Å². The van der Waals surface area contributed by atoms with E-state index < -0.39 is 6.03 Å². The number of pyridine rings is 1. The van der Waals surface area contributed by atoms with Crippen molar-refractivity contribution in [1.82, 2.24) is 4.98 Å². The van der Waals surface area contributed by atoms with Gasteiger partial charge in [0.15, 0.2) is 5.15 Å². The largest absolute Gasteiger partial charge is 0.323 e. The zero-order chi connectivity index (χ0) is 13.8. The minimum atomic E-state index is -0.413. The standard InChI is InChI=1S/C12H8BrCl2N3O/c13-7-5-10(11(15)16-6-7)18-12(19)17-9-3-1-8(14)2-4-9/h1-6H,(H2,17,18,19). The van der Waals surface area contributed by atoms with Crippen LogP contribution in [0.3, 0.4) is 0 Å². The molecule has 0 aliphatic rings. The average Bonchev–Trinajstić information content (AvgIpc) is 2.37. The molecule has 1 heterocycles. The van der Waals surface area contributed by atoms with E-state index >= 15 is 0 Å². The van der Waals surface area contributed by atoms with E-state index in [1.165, 1.54) is 0 Å². The van der Waals surface area contributed by atoms with E-state index in [-0.39, 0.29) is 5.15 Å². The zero-order valence-electron chi connectivity index (χ0n) is 9.45. The molecule has 2 amide bonds. The number of rotatable bonds is 2. The molecule has 1 aromatic heterocycles. The van der Waals surface area contributed by atoms with E-state index in [0.717, 1.165) is 4.47 Å². The van der Waals surface area contributed by atoms with Gasteiger partial charge >= 0.3 is 6.03 Å². The predicted octanol–water partition coefficient (Wildman–Crippen LogP) is 4.79. The summed E-state index contributed by atoms with van der Waals surface area (Å²) >= 11 is 14.9. The normalized spacial score (nSPS) is 10.1. The SMILES string of the molecule is O=C(Nc1ccc(Cl)cc1)Nc1cc(Br)cnc1Cl. The second-order valence-electron chi connectivity index (χ2n) is 3.58. The molecule has 2 aromatic rings. The lowest BCUT2D eigenvalue weighted by molar-refractivity contribution is 0.262. The molecular weight excluding hydrogens is 353 g/mol. The number of nitrogens with one attached hydrogen (secondary N) is 2. The highest BCUT2D eigenvalue weighted by Crippen LogP contribution is 2.23. The maximum absolute atomic E-state index is 11.8. The summed E-state index contributed by atoms with van der Waals surface area (Å²) in [4.78, 5) is 15.7. The monoisotopic (exact) mass is 359 g/mol. The lowest BCUT2D eigenvalue weighted by Gasteiger charge is -2.08. The molecule has 19 heavy (non-hydrogen) atoms. The highest BCUT2D eigenvalue weighted by molar-refractivity contribution is 9.10. The van der Waals surface area contributed by atoms with Gasteiger partial charge in [0.1, 0.15) is 0 Å². The summed E-state index contributed by atoms with van der Waals surface area (Å²) in [6, 6.07) is 8.02. The van der Waals surface area contributed by atoms with Gasteiger partial charge in [-0.25, -0.2) is 9.78 Å². The third-order valence-electron chi connectivity index (χ3n) is 2.16. The highest BCUT2D eigenvalue weighted by Gasteiger charge is 2.07. The molecule has 2 N–H and O–H groups in total. The van der Waals surface area contributed by atoms with E-state index in [1.54, 1.807) is 36.5 Å². The highest BCUT2D eigenvalue weighted by atomic mass is 79.9. The van der Waals surface area contributed by atoms with Crippen molar-refractivity contribution in [2.75, 3.05) is 10.6 Å². The van der Waals surface area contributed by atoms with Gasteiger partial charge in [0.25, 0.3) is 0 Å². The van der Waals surface area contributed by atoms with Gasteiger partial charge in [-0.3, -0.25) is 0 Å². The summed E-state index contributed by atoms with van der Waals surface area (Å²) in [7, 11) is 0. The van der Waals surface area contributed by atoms with E-state index in [1.807, 2.05) is 0 Å². The van der Waals surface area contributed by atoms with Crippen LogP contribution >= 0.6 is 39.1 Å². The minimum absolute atomic E-state index is 0.217. The van der Waals surface area contributed by atoms with Crippen LogP contribution < -0.4 is 10.6 Å². The molecular formula is C12H8BrCl2N3O. The van der Waals surface area contributed by atoms with Crippen LogP contribution in [0.1, 0.15) is 0 Å². The molecule has 0 radical (unpaired) electrons. The lowest BCUT2D eigenvalue weighted by atomic mass is 10.3. The Morgan fingerprint density at radius 3 is 2.53 bits per heavy atom. The van der Waals surface area contributed by atoms with Gasteiger partial charge < -0.3 is 10.6 Å². The van der Waals surface area contributed by atoms with Crippen molar-refractivity contribution in [3.8, 4) is 0 Å². The van der Waals surface area contributed by atoms with Crippen molar-refractivity contribution in [1.29, 1.82) is 0 Å². The summed E-state index contributed by atoms with van der Waals surface area (Å²) < 4.78 is 0.721. The summed E-state index contributed by atoms with van der Waals surface area (Å²) in [6.45, 7) is 0. The molecule has 0 fully saturated rings. The maximum Gasteiger partial charge on any atom is 0.323 e. The maximum atomic E-state index is 11.8. The predicted molar refractivity (Wildman–Crippen MR) is 81.0 cm³/mol. The molecule has 0 aliphatic carbocycles. The van der Waals surface area contributed by atoms with Crippen LogP contribution in [0.2, 0.25) is 10.2 Å². The summed E-state index contributed by atoms with van der Waals surface area (Å²) in [6.07, 6.45) is 1.55. The van der Waals surface area contributed by atoms with Crippen LogP contribution in [-0.4, -0.2) is 11.0 Å². The molecule has 98 valence electrons. The van der Waals surface area contributed by atoms with Crippen LogP contribution in [0.4, 0.5) is 16.2 Å². The van der Waals surface area contributed by atoms with Gasteiger partial charge in [0, 0.05) is 21.4 Å². The Balaban J connectivity index is 2.05. The first-order valence-corrected chi connectivity index (χ1v) is 6.74. The number of urea groups is 1. The van der Waals surface area contributed by atoms with Crippen molar-refractivity contribution in [3.05, 3.63) is 51.2 Å². The number of nitrogens with zero attached hydrogens (tertiary/aromatic N) is 1. The van der Waals surface area contributed by atoms with Gasteiger partial charge in [-0.1, -0.05) is 23.2 Å². The number of carbonyl (C=O) groups is 1. The summed E-state index contributed by atoms with van der Waals surface area (Å²) in [5.41, 5.74) is 1.04. The van der Waals surface area contributed by atoms with E-state index in [9.17, 15) is 4.79 Å². The molecule has 4 nitrogen and oxygen atoms in total. The summed E-state index contributed by atoms with van der Waals surface area (Å²) in [5.74, 6) is 0. The molecule has 0 atom stereocenters. The quantitative estimate of drug-likeness (QED) is 0.756. The average molecular weight is 361 g/mol. The molecule has 2 rings (SSSR count). The van der Waals surface area contributed by atoms with Crippen LogP contribution in [0.5, 0.6) is 0 Å². The molecule has 7 heteroatoms. The first-order chi connectivity index (χ1) is 9.04. The van der Waals surface area contributed by atoms with Crippen molar-refractivity contribution < 1.29 is 4.79 Å². The second-order valence-corrected chi connectivity index (χ2v) is 5.29. The third kappa shape index (κ3) is 4.09. The topological polar surface area (TPSA) is 54.0 Å². The third-order valence-corrected chi connectivity index (χ3v) is 3.14. The van der Waals surface area contributed by atoms with Crippen molar-refractivity contribution >= 4 is 56.5 Å². The van der Waals surface area contributed by atoms with Gasteiger partial charge in [-0.05, 0) is 46.3 Å². The van der Waals surface area contributed by atoms with Crippen LogP contribution in [0, 0.1) is 0 Å². The molecule has 0 spiro atoms. The number of benzene rings is 1. The second kappa shape index (κ2) is 6.23. The zero-order valence-corrected chi connectivity index (χ0v) is 12.6. The fourth-order valence-electron chi connectivity index (χ4n) is 1.33. The smallest absolute Gasteiger partial charge is 0.308 e.